The van der Waals surface area contributed by atoms with Gasteiger partial charge in [0.15, 0.2) is 0 Å². The predicted molar refractivity (Wildman–Crippen MR) is 74.4 cm³/mol. The zero-order chi connectivity index (χ0) is 13.7. The monoisotopic (exact) mass is 286 g/mol. The van der Waals surface area contributed by atoms with Crippen LogP contribution in [0.15, 0.2) is 22.8 Å². The summed E-state index contributed by atoms with van der Waals surface area (Å²) in [5.41, 5.74) is 0. The van der Waals surface area contributed by atoms with Crippen LogP contribution in [0.5, 0.6) is 0 Å². The zero-order valence-electron chi connectivity index (χ0n) is 11.3. The van der Waals surface area contributed by atoms with Crippen LogP contribution in [0, 0.1) is 5.92 Å². The van der Waals surface area contributed by atoms with E-state index in [1.807, 2.05) is 19.1 Å². The van der Waals surface area contributed by atoms with E-state index in [0.717, 1.165) is 31.7 Å². The Morgan fingerprint density at radius 1 is 1.47 bits per heavy atom. The molecule has 1 atom stereocenters. The topological polar surface area (TPSA) is 71.3 Å². The fourth-order valence-electron chi connectivity index (χ4n) is 2.49. The molecule has 5 nitrogen and oxygen atoms in total. The third-order valence-corrected chi connectivity index (χ3v) is 5.05. The van der Waals surface area contributed by atoms with Crippen LogP contribution in [0.25, 0.3) is 0 Å². The van der Waals surface area contributed by atoms with Crippen molar-refractivity contribution in [3.8, 4) is 0 Å². The normalized spacial score (nSPS) is 19.4. The van der Waals surface area contributed by atoms with Crippen LogP contribution in [0.1, 0.15) is 25.5 Å². The zero-order valence-corrected chi connectivity index (χ0v) is 12.1. The average Bonchev–Trinajstić information content (AvgIpc) is 2.81. The van der Waals surface area contributed by atoms with E-state index in [-0.39, 0.29) is 17.7 Å². The van der Waals surface area contributed by atoms with Crippen molar-refractivity contribution < 1.29 is 12.8 Å². The standard InChI is InChI=1S/C13H22N2O3S/c1-11(9-13-3-2-8-18-13)15-19(16,17)10-12-4-6-14-7-5-12/h2-3,8,11-12,14-15H,4-7,9-10H2,1H3. The minimum absolute atomic E-state index is 0.141. The maximum atomic E-state index is 12.1. The Hall–Kier alpha value is -0.850. The molecule has 0 bridgehead atoms. The molecule has 1 fully saturated rings. The molecule has 1 unspecified atom stereocenters. The van der Waals surface area contributed by atoms with Gasteiger partial charge in [-0.2, -0.15) is 0 Å². The van der Waals surface area contributed by atoms with Gasteiger partial charge in [-0.1, -0.05) is 0 Å². The van der Waals surface area contributed by atoms with Gasteiger partial charge < -0.3 is 9.73 Å². The average molecular weight is 286 g/mol. The lowest BCUT2D eigenvalue weighted by Gasteiger charge is -2.23. The fraction of sp³-hybridized carbons (Fsp3) is 0.692. The summed E-state index contributed by atoms with van der Waals surface area (Å²) in [6, 6.07) is 3.53. The van der Waals surface area contributed by atoms with Crippen LogP contribution in [0.2, 0.25) is 0 Å². The molecule has 1 aliphatic rings. The highest BCUT2D eigenvalue weighted by Crippen LogP contribution is 2.14. The van der Waals surface area contributed by atoms with Gasteiger partial charge in [0, 0.05) is 12.5 Å². The first-order valence-electron chi connectivity index (χ1n) is 6.78. The fourth-order valence-corrected chi connectivity index (χ4v) is 4.23. The summed E-state index contributed by atoms with van der Waals surface area (Å²) in [5.74, 6) is 1.31. The summed E-state index contributed by atoms with van der Waals surface area (Å²) in [4.78, 5) is 0. The Balaban J connectivity index is 1.82. The molecule has 1 aliphatic heterocycles. The van der Waals surface area contributed by atoms with Gasteiger partial charge in [0.25, 0.3) is 0 Å². The Bertz CT molecular complexity index is 464. The first kappa shape index (κ1) is 14.6. The molecule has 0 spiro atoms. The van der Waals surface area contributed by atoms with E-state index in [9.17, 15) is 8.42 Å². The number of piperidine rings is 1. The molecule has 0 radical (unpaired) electrons. The van der Waals surface area contributed by atoms with Crippen LogP contribution in [-0.4, -0.2) is 33.3 Å². The Labute approximate surface area is 114 Å². The van der Waals surface area contributed by atoms with Crippen LogP contribution in [0.3, 0.4) is 0 Å². The molecular formula is C13H22N2O3S. The highest BCUT2D eigenvalue weighted by atomic mass is 32.2. The lowest BCUT2D eigenvalue weighted by Crippen LogP contribution is -2.39. The summed E-state index contributed by atoms with van der Waals surface area (Å²) < 4.78 is 32.1. The summed E-state index contributed by atoms with van der Waals surface area (Å²) in [5, 5.41) is 3.24. The first-order valence-corrected chi connectivity index (χ1v) is 8.43. The van der Waals surface area contributed by atoms with Crippen molar-refractivity contribution in [2.24, 2.45) is 5.92 Å². The number of hydrogen-bond acceptors (Lipinski definition) is 4. The summed E-state index contributed by atoms with van der Waals surface area (Å²) >= 11 is 0. The van der Waals surface area contributed by atoms with E-state index in [0.29, 0.717) is 6.42 Å². The van der Waals surface area contributed by atoms with E-state index in [4.69, 9.17) is 4.42 Å². The molecule has 108 valence electrons. The van der Waals surface area contributed by atoms with Gasteiger partial charge >= 0.3 is 0 Å². The van der Waals surface area contributed by atoms with Crippen LogP contribution in [0.4, 0.5) is 0 Å². The van der Waals surface area contributed by atoms with Gasteiger partial charge in [-0.15, -0.1) is 0 Å². The first-order chi connectivity index (χ1) is 9.05. The molecule has 0 aliphatic carbocycles. The van der Waals surface area contributed by atoms with Crippen molar-refractivity contribution >= 4 is 10.0 Å². The van der Waals surface area contributed by atoms with Crippen molar-refractivity contribution in [2.45, 2.75) is 32.2 Å². The molecule has 2 heterocycles. The van der Waals surface area contributed by atoms with Crippen molar-refractivity contribution in [3.63, 3.8) is 0 Å². The molecule has 6 heteroatoms. The van der Waals surface area contributed by atoms with Gasteiger partial charge in [-0.3, -0.25) is 0 Å². The Morgan fingerprint density at radius 2 is 2.21 bits per heavy atom. The van der Waals surface area contributed by atoms with Crippen LogP contribution < -0.4 is 10.0 Å². The van der Waals surface area contributed by atoms with Crippen LogP contribution >= 0.6 is 0 Å². The second-order valence-corrected chi connectivity index (χ2v) is 7.08. The van der Waals surface area contributed by atoms with Crippen LogP contribution in [-0.2, 0) is 16.4 Å². The Morgan fingerprint density at radius 3 is 2.84 bits per heavy atom. The lowest BCUT2D eigenvalue weighted by molar-refractivity contribution is 0.398. The third kappa shape index (κ3) is 4.97. The highest BCUT2D eigenvalue weighted by molar-refractivity contribution is 7.89. The highest BCUT2D eigenvalue weighted by Gasteiger charge is 2.22. The number of rotatable bonds is 6. The Kier molecular flexibility index (Phi) is 5.01. The molecule has 1 saturated heterocycles. The van der Waals surface area contributed by atoms with E-state index < -0.39 is 10.0 Å². The molecule has 2 N–H and O–H groups in total. The van der Waals surface area contributed by atoms with Crippen molar-refractivity contribution in [2.75, 3.05) is 18.8 Å². The van der Waals surface area contributed by atoms with Crippen molar-refractivity contribution in [1.29, 1.82) is 0 Å². The van der Waals surface area contributed by atoms with Gasteiger partial charge in [-0.05, 0) is 50.9 Å². The molecule has 1 aromatic rings. The van der Waals surface area contributed by atoms with Crippen molar-refractivity contribution in [1.82, 2.24) is 10.0 Å². The van der Waals surface area contributed by atoms with Gasteiger partial charge in [0.2, 0.25) is 10.0 Å². The number of sulfonamides is 1. The minimum atomic E-state index is -3.20. The summed E-state index contributed by atoms with van der Waals surface area (Å²) in [6.45, 7) is 3.70. The molecule has 0 aromatic carbocycles. The molecule has 19 heavy (non-hydrogen) atoms. The number of furan rings is 1. The second kappa shape index (κ2) is 6.54. The maximum absolute atomic E-state index is 12.1. The van der Waals surface area contributed by atoms with Gasteiger partial charge in [0.1, 0.15) is 5.76 Å². The van der Waals surface area contributed by atoms with E-state index in [1.54, 1.807) is 6.26 Å². The van der Waals surface area contributed by atoms with Gasteiger partial charge in [0.05, 0.1) is 12.0 Å². The number of nitrogens with one attached hydrogen (secondary N) is 2. The minimum Gasteiger partial charge on any atom is -0.469 e. The molecule has 0 amide bonds. The third-order valence-electron chi connectivity index (χ3n) is 3.38. The molecule has 2 rings (SSSR count). The molecular weight excluding hydrogens is 264 g/mol. The van der Waals surface area contributed by atoms with E-state index >= 15 is 0 Å². The maximum Gasteiger partial charge on any atom is 0.212 e. The van der Waals surface area contributed by atoms with E-state index in [1.165, 1.54) is 0 Å². The SMILES string of the molecule is CC(Cc1ccco1)NS(=O)(=O)CC1CCNCC1. The van der Waals surface area contributed by atoms with E-state index in [2.05, 4.69) is 10.0 Å². The largest absolute Gasteiger partial charge is 0.469 e. The second-order valence-electron chi connectivity index (χ2n) is 5.28. The molecule has 1 aromatic heterocycles. The predicted octanol–water partition coefficient (Wildman–Crippen LogP) is 1.13. The summed E-state index contributed by atoms with van der Waals surface area (Å²) in [6.07, 6.45) is 4.06. The van der Waals surface area contributed by atoms with Crippen molar-refractivity contribution in [3.05, 3.63) is 24.2 Å². The quantitative estimate of drug-likeness (QED) is 0.822. The number of hydrogen-bond donors (Lipinski definition) is 2. The molecule has 0 saturated carbocycles. The lowest BCUT2D eigenvalue weighted by atomic mass is 10.0. The van der Waals surface area contributed by atoms with Gasteiger partial charge in [-0.25, -0.2) is 13.1 Å². The smallest absolute Gasteiger partial charge is 0.212 e. The summed E-state index contributed by atoms with van der Waals surface area (Å²) in [7, 11) is -3.20.